The van der Waals surface area contributed by atoms with Gasteiger partial charge in [-0.3, -0.25) is 4.79 Å². The van der Waals surface area contributed by atoms with Crippen molar-refractivity contribution in [1.29, 1.82) is 0 Å². The van der Waals surface area contributed by atoms with Crippen molar-refractivity contribution in [2.75, 3.05) is 11.1 Å². The number of sulfone groups is 1. The predicted octanol–water partition coefficient (Wildman–Crippen LogP) is 3.95. The lowest BCUT2D eigenvalue weighted by Crippen LogP contribution is -2.45. The van der Waals surface area contributed by atoms with Crippen LogP contribution in [0, 0.1) is 5.82 Å². The van der Waals surface area contributed by atoms with E-state index in [1.54, 1.807) is 0 Å². The number of alkyl halides is 3. The molecule has 0 aliphatic rings. The molecule has 0 heterocycles. The molecule has 0 spiro atoms. The van der Waals surface area contributed by atoms with Crippen LogP contribution in [0.15, 0.2) is 52.5 Å². The summed E-state index contributed by atoms with van der Waals surface area (Å²) in [6, 6.07) is 5.93. The Kier molecular flexibility index (Phi) is 6.40. The van der Waals surface area contributed by atoms with Gasteiger partial charge in [-0.05, 0) is 48.9 Å². The molecule has 0 saturated carbocycles. The highest BCUT2D eigenvalue weighted by Gasteiger charge is 2.38. The van der Waals surface area contributed by atoms with E-state index in [1.807, 2.05) is 5.32 Å². The number of amides is 1. The highest BCUT2D eigenvalue weighted by molar-refractivity contribution is 7.91. The predicted molar refractivity (Wildman–Crippen MR) is 98.0 cm³/mol. The van der Waals surface area contributed by atoms with Gasteiger partial charge in [0, 0.05) is 16.3 Å². The Balaban J connectivity index is 2.27. The van der Waals surface area contributed by atoms with Gasteiger partial charge >= 0.3 is 6.18 Å². The normalized spacial score (nSPS) is 13.8. The van der Waals surface area contributed by atoms with Crippen molar-refractivity contribution < 1.29 is 35.9 Å². The molecule has 0 radical (unpaired) electrons. The number of rotatable bonds is 6. The van der Waals surface area contributed by atoms with Crippen molar-refractivity contribution in [3.8, 4) is 0 Å². The second-order valence-corrected chi connectivity index (χ2v) is 8.35. The van der Waals surface area contributed by atoms with Gasteiger partial charge in [0.2, 0.25) is 0 Å². The maximum absolute atomic E-state index is 13.1. The summed E-state index contributed by atoms with van der Waals surface area (Å²) in [5, 5.41) is 15.2. The maximum Gasteiger partial charge on any atom is 0.416 e. The van der Waals surface area contributed by atoms with Gasteiger partial charge in [0.05, 0.1) is 16.2 Å². The summed E-state index contributed by atoms with van der Waals surface area (Å²) < 4.78 is 77.0. The maximum atomic E-state index is 13.1. The van der Waals surface area contributed by atoms with Gasteiger partial charge < -0.3 is 10.4 Å². The molecule has 8 nitrogen and oxygen atoms in total. The number of carbonyl (C=O) groups is 1. The van der Waals surface area contributed by atoms with Crippen LogP contribution in [0.2, 0.25) is 0 Å². The van der Waals surface area contributed by atoms with Crippen LogP contribution in [0.5, 0.6) is 0 Å². The summed E-state index contributed by atoms with van der Waals surface area (Å²) in [7, 11) is -4.23. The fourth-order valence-corrected chi connectivity index (χ4v) is 3.99. The molecule has 2 N–H and O–H groups in total. The largest absolute Gasteiger partial charge is 0.416 e. The molecule has 0 aliphatic heterocycles. The average molecular weight is 446 g/mol. The molecular formula is C17H14F4N4O4S. The minimum absolute atomic E-state index is 0.352. The zero-order valence-corrected chi connectivity index (χ0v) is 16.0. The molecule has 0 aromatic heterocycles. The average Bonchev–Trinajstić information content (AvgIpc) is 2.61. The molecule has 0 bridgehead atoms. The first kappa shape index (κ1) is 23.1. The fraction of sp³-hybridized carbons (Fsp3) is 0.235. The third-order valence-corrected chi connectivity index (χ3v) is 5.78. The molecule has 0 saturated heterocycles. The first-order chi connectivity index (χ1) is 13.8. The number of aliphatic hydroxyl groups is 1. The van der Waals surface area contributed by atoms with Crippen molar-refractivity contribution in [3.63, 3.8) is 0 Å². The first-order valence-corrected chi connectivity index (χ1v) is 9.70. The van der Waals surface area contributed by atoms with Gasteiger partial charge in [-0.1, -0.05) is 11.2 Å². The van der Waals surface area contributed by atoms with Crippen molar-refractivity contribution in [1.82, 2.24) is 0 Å². The molecule has 0 fully saturated rings. The Labute approximate surface area is 167 Å². The molecule has 2 rings (SSSR count). The van der Waals surface area contributed by atoms with E-state index >= 15 is 0 Å². The quantitative estimate of drug-likeness (QED) is 0.229. The zero-order valence-electron chi connectivity index (χ0n) is 15.2. The van der Waals surface area contributed by atoms with E-state index in [2.05, 4.69) is 10.0 Å². The molecular weight excluding hydrogens is 432 g/mol. The van der Waals surface area contributed by atoms with Gasteiger partial charge in [-0.15, -0.1) is 0 Å². The van der Waals surface area contributed by atoms with Gasteiger partial charge in [0.1, 0.15) is 5.82 Å². The molecule has 1 atom stereocenters. The van der Waals surface area contributed by atoms with Crippen LogP contribution in [0.3, 0.4) is 0 Å². The monoisotopic (exact) mass is 446 g/mol. The smallest absolute Gasteiger partial charge is 0.379 e. The van der Waals surface area contributed by atoms with Crippen LogP contribution in [-0.4, -0.2) is 30.8 Å². The Hall–Kier alpha value is -3.15. The van der Waals surface area contributed by atoms with E-state index < -0.39 is 56.0 Å². The molecule has 2 aromatic rings. The number of hydrogen-bond donors (Lipinski definition) is 2. The number of halogens is 4. The highest BCUT2D eigenvalue weighted by Crippen LogP contribution is 2.38. The molecule has 1 unspecified atom stereocenters. The number of nitrogens with zero attached hydrogens (tertiary/aromatic N) is 3. The van der Waals surface area contributed by atoms with Crippen LogP contribution in [0.1, 0.15) is 12.5 Å². The lowest BCUT2D eigenvalue weighted by Gasteiger charge is -2.22. The standard InChI is InChI=1S/C17H14F4N4O4S/c1-16(27,9-30(28,29)12-5-2-10(18)3-6-12)15(26)23-11-4-7-14(24-25-22)13(8-11)17(19,20)21/h2-8,27H,9H2,1H3,(H,23,26). The third-order valence-electron chi connectivity index (χ3n) is 3.85. The summed E-state index contributed by atoms with van der Waals surface area (Å²) in [5.74, 6) is -3.10. The van der Waals surface area contributed by atoms with Gasteiger partial charge in [-0.2, -0.15) is 13.2 Å². The van der Waals surface area contributed by atoms with E-state index in [4.69, 9.17) is 5.53 Å². The molecule has 30 heavy (non-hydrogen) atoms. The van der Waals surface area contributed by atoms with Crippen LogP contribution in [-0.2, 0) is 20.8 Å². The molecule has 0 aliphatic carbocycles. The van der Waals surface area contributed by atoms with E-state index in [-0.39, 0.29) is 4.90 Å². The number of anilines is 1. The van der Waals surface area contributed by atoms with Crippen LogP contribution in [0.4, 0.5) is 28.9 Å². The second kappa shape index (κ2) is 8.30. The molecule has 2 aromatic carbocycles. The van der Waals surface area contributed by atoms with Crippen molar-refractivity contribution in [3.05, 3.63) is 64.3 Å². The number of azide groups is 1. The summed E-state index contributed by atoms with van der Waals surface area (Å²) >= 11 is 0. The van der Waals surface area contributed by atoms with Gasteiger partial charge in [-0.25, -0.2) is 12.8 Å². The second-order valence-electron chi connectivity index (χ2n) is 6.36. The number of benzene rings is 2. The third kappa shape index (κ3) is 5.47. The van der Waals surface area contributed by atoms with Crippen molar-refractivity contribution in [2.24, 2.45) is 5.11 Å². The molecule has 160 valence electrons. The van der Waals surface area contributed by atoms with Crippen molar-refractivity contribution in [2.45, 2.75) is 23.6 Å². The van der Waals surface area contributed by atoms with Crippen LogP contribution in [0.25, 0.3) is 10.4 Å². The summed E-state index contributed by atoms with van der Waals surface area (Å²) in [6.07, 6.45) is -4.90. The van der Waals surface area contributed by atoms with E-state index in [9.17, 15) is 35.9 Å². The summed E-state index contributed by atoms with van der Waals surface area (Å²) in [6.45, 7) is 0.864. The lowest BCUT2D eigenvalue weighted by molar-refractivity contribution is -0.137. The highest BCUT2D eigenvalue weighted by atomic mass is 32.2. The number of nitrogens with one attached hydrogen (secondary N) is 1. The Bertz CT molecular complexity index is 1110. The number of carbonyl (C=O) groups excluding carboxylic acids is 1. The Morgan fingerprint density at radius 2 is 1.80 bits per heavy atom. The minimum Gasteiger partial charge on any atom is -0.379 e. The minimum atomic E-state index is -4.90. The van der Waals surface area contributed by atoms with Gasteiger partial charge in [0.25, 0.3) is 5.91 Å². The van der Waals surface area contributed by atoms with Crippen molar-refractivity contribution >= 4 is 27.1 Å². The Morgan fingerprint density at radius 1 is 1.20 bits per heavy atom. The topological polar surface area (TPSA) is 132 Å². The number of hydrogen-bond acceptors (Lipinski definition) is 5. The lowest BCUT2D eigenvalue weighted by atomic mass is 10.1. The molecule has 13 heteroatoms. The van der Waals surface area contributed by atoms with E-state index in [0.29, 0.717) is 6.07 Å². The fourth-order valence-electron chi connectivity index (χ4n) is 2.40. The zero-order chi connectivity index (χ0) is 22.7. The first-order valence-electron chi connectivity index (χ1n) is 8.05. The SMILES string of the molecule is CC(O)(CS(=O)(=O)c1ccc(F)cc1)C(=O)Nc1ccc(N=[N+]=[N-])c(C(F)(F)F)c1. The summed E-state index contributed by atoms with van der Waals surface area (Å²) in [4.78, 5) is 14.3. The van der Waals surface area contributed by atoms with Crippen LogP contribution < -0.4 is 5.32 Å². The molecule has 1 amide bonds. The van der Waals surface area contributed by atoms with Gasteiger partial charge in [0.15, 0.2) is 15.4 Å². The summed E-state index contributed by atoms with van der Waals surface area (Å²) in [5.41, 5.74) is 3.35. The van der Waals surface area contributed by atoms with E-state index in [1.165, 1.54) is 0 Å². The van der Waals surface area contributed by atoms with Crippen LogP contribution >= 0.6 is 0 Å². The van der Waals surface area contributed by atoms with E-state index in [0.717, 1.165) is 43.3 Å². The Morgan fingerprint density at radius 3 is 2.33 bits per heavy atom.